The predicted molar refractivity (Wildman–Crippen MR) is 165 cm³/mol. The van der Waals surface area contributed by atoms with Crippen molar-refractivity contribution in [1.29, 1.82) is 0 Å². The van der Waals surface area contributed by atoms with Crippen molar-refractivity contribution in [2.45, 2.75) is 13.8 Å². The number of ether oxygens (including phenoxy) is 3. The van der Waals surface area contributed by atoms with Crippen LogP contribution in [-0.2, 0) is 9.59 Å². The number of rotatable bonds is 11. The number of halogens is 3. The van der Waals surface area contributed by atoms with Gasteiger partial charge < -0.3 is 19.5 Å². The molecule has 0 bridgehead atoms. The minimum absolute atomic E-state index is 0.0742. The zero-order valence-electron chi connectivity index (χ0n) is 22.0. The molecule has 41 heavy (non-hydrogen) atoms. The molecule has 12 heteroatoms. The Morgan fingerprint density at radius 1 is 1.02 bits per heavy atom. The van der Waals surface area contributed by atoms with Crippen LogP contribution in [0.1, 0.15) is 18.1 Å². The summed E-state index contributed by atoms with van der Waals surface area (Å²) in [7, 11) is 0. The van der Waals surface area contributed by atoms with Gasteiger partial charge in [-0.1, -0.05) is 41.4 Å². The van der Waals surface area contributed by atoms with Crippen molar-refractivity contribution in [2.75, 3.05) is 31.7 Å². The van der Waals surface area contributed by atoms with Gasteiger partial charge in [0, 0.05) is 10.7 Å². The lowest BCUT2D eigenvalue weighted by molar-refractivity contribution is -0.123. The molecule has 0 saturated carbocycles. The van der Waals surface area contributed by atoms with Crippen LogP contribution in [0, 0.1) is 6.92 Å². The number of amides is 3. The summed E-state index contributed by atoms with van der Waals surface area (Å²) in [4.78, 5) is 39.4. The first kappa shape index (κ1) is 30.8. The summed E-state index contributed by atoms with van der Waals surface area (Å²) >= 11 is 16.5. The van der Waals surface area contributed by atoms with Crippen molar-refractivity contribution in [2.24, 2.45) is 0 Å². The third-order valence-electron chi connectivity index (χ3n) is 5.72. The Morgan fingerprint density at radius 3 is 2.54 bits per heavy atom. The number of hydrogen-bond donors (Lipinski definition) is 1. The Hall–Kier alpha value is -3.18. The fourth-order valence-electron chi connectivity index (χ4n) is 3.73. The van der Waals surface area contributed by atoms with Crippen LogP contribution in [0.4, 0.5) is 10.5 Å². The summed E-state index contributed by atoms with van der Waals surface area (Å²) in [5.74, 6) is 0.363. The van der Waals surface area contributed by atoms with E-state index in [2.05, 4.69) is 21.2 Å². The number of hydrogen-bond acceptors (Lipinski definition) is 7. The van der Waals surface area contributed by atoms with Crippen molar-refractivity contribution >= 4 is 79.7 Å². The number of para-hydroxylation sites is 1. The second-order valence-electron chi connectivity index (χ2n) is 8.68. The van der Waals surface area contributed by atoms with Gasteiger partial charge in [0.2, 0.25) is 0 Å². The Bertz CT molecular complexity index is 1520. The van der Waals surface area contributed by atoms with Gasteiger partial charge in [-0.15, -0.1) is 0 Å². The zero-order chi connectivity index (χ0) is 29.5. The quantitative estimate of drug-likeness (QED) is 0.209. The summed E-state index contributed by atoms with van der Waals surface area (Å²) in [6.07, 6.45) is 1.60. The topological polar surface area (TPSA) is 94.2 Å². The number of imide groups is 1. The molecule has 1 heterocycles. The minimum atomic E-state index is -0.426. The molecule has 0 unspecified atom stereocenters. The molecule has 0 spiro atoms. The van der Waals surface area contributed by atoms with Gasteiger partial charge in [-0.05, 0) is 95.1 Å². The number of benzene rings is 3. The van der Waals surface area contributed by atoms with Crippen LogP contribution in [0.3, 0.4) is 0 Å². The third kappa shape index (κ3) is 7.97. The van der Waals surface area contributed by atoms with Crippen molar-refractivity contribution in [3.05, 3.63) is 85.1 Å². The molecule has 1 N–H and O–H groups in total. The predicted octanol–water partition coefficient (Wildman–Crippen LogP) is 7.60. The summed E-state index contributed by atoms with van der Waals surface area (Å²) in [5.41, 5.74) is 2.06. The first-order valence-electron chi connectivity index (χ1n) is 12.4. The number of thioether (sulfide) groups is 1. The molecule has 0 aliphatic carbocycles. The van der Waals surface area contributed by atoms with Gasteiger partial charge in [-0.3, -0.25) is 19.3 Å². The Morgan fingerprint density at radius 2 is 1.80 bits per heavy atom. The SMILES string of the molecule is CCOc1cc(/C=C2\SC(=O)N(CCOc3ccccc3Cl)C2=O)cc(Br)c1OCC(=O)Nc1ccc(C)c(Cl)c1. The van der Waals surface area contributed by atoms with Crippen LogP contribution in [0.5, 0.6) is 17.2 Å². The van der Waals surface area contributed by atoms with E-state index in [1.807, 2.05) is 19.9 Å². The van der Waals surface area contributed by atoms with Crippen LogP contribution in [0.15, 0.2) is 64.0 Å². The maximum absolute atomic E-state index is 13.0. The minimum Gasteiger partial charge on any atom is -0.490 e. The number of anilines is 1. The van der Waals surface area contributed by atoms with E-state index in [0.29, 0.717) is 49.6 Å². The highest BCUT2D eigenvalue weighted by atomic mass is 79.9. The molecular weight excluding hydrogens is 655 g/mol. The first-order valence-corrected chi connectivity index (χ1v) is 14.8. The van der Waals surface area contributed by atoms with Gasteiger partial charge in [0.05, 0.1) is 27.6 Å². The molecule has 3 aromatic carbocycles. The molecule has 0 radical (unpaired) electrons. The van der Waals surface area contributed by atoms with Crippen LogP contribution in [0.25, 0.3) is 6.08 Å². The molecule has 1 fully saturated rings. The molecule has 1 saturated heterocycles. The van der Waals surface area contributed by atoms with Crippen molar-refractivity contribution in [3.8, 4) is 17.2 Å². The van der Waals surface area contributed by atoms with Crippen LogP contribution in [-0.4, -0.2) is 48.3 Å². The second kappa shape index (κ2) is 14.1. The zero-order valence-corrected chi connectivity index (χ0v) is 26.0. The highest BCUT2D eigenvalue weighted by Crippen LogP contribution is 2.39. The van der Waals surface area contributed by atoms with Crippen LogP contribution >= 0.6 is 50.9 Å². The maximum Gasteiger partial charge on any atom is 0.293 e. The summed E-state index contributed by atoms with van der Waals surface area (Å²) in [6.45, 7) is 3.92. The van der Waals surface area contributed by atoms with E-state index < -0.39 is 11.1 Å². The Kier molecular flexibility index (Phi) is 10.6. The smallest absolute Gasteiger partial charge is 0.293 e. The first-order chi connectivity index (χ1) is 19.7. The molecule has 0 aromatic heterocycles. The van der Waals surface area contributed by atoms with Gasteiger partial charge in [-0.2, -0.15) is 0 Å². The molecule has 0 atom stereocenters. The van der Waals surface area contributed by atoms with Gasteiger partial charge in [-0.25, -0.2) is 0 Å². The van der Waals surface area contributed by atoms with Crippen molar-refractivity contribution < 1.29 is 28.6 Å². The van der Waals surface area contributed by atoms with Crippen molar-refractivity contribution in [3.63, 3.8) is 0 Å². The summed E-state index contributed by atoms with van der Waals surface area (Å²) < 4.78 is 17.7. The Balaban J connectivity index is 1.42. The lowest BCUT2D eigenvalue weighted by atomic mass is 10.2. The fourth-order valence-corrected chi connectivity index (χ4v) is 5.54. The molecule has 1 aliphatic heterocycles. The average molecular weight is 680 g/mol. The van der Waals surface area contributed by atoms with E-state index in [9.17, 15) is 14.4 Å². The normalized spacial score (nSPS) is 14.0. The van der Waals surface area contributed by atoms with Crippen molar-refractivity contribution in [1.82, 2.24) is 4.90 Å². The second-order valence-corrected chi connectivity index (χ2v) is 11.3. The van der Waals surface area contributed by atoms with E-state index in [4.69, 9.17) is 37.4 Å². The standard InChI is InChI=1S/C29H25BrCl2N2O6S/c1-3-38-24-13-18(12-20(30)27(24)40-16-26(35)33-19-9-8-17(2)22(32)15-19)14-25-28(36)34(29(37)41-25)10-11-39-23-7-5-4-6-21(23)31/h4-9,12-15H,3,10-11,16H2,1-2H3,(H,33,35)/b25-14-. The molecule has 4 rings (SSSR count). The van der Waals surface area contributed by atoms with E-state index in [0.717, 1.165) is 22.2 Å². The van der Waals surface area contributed by atoms with E-state index in [1.54, 1.807) is 54.6 Å². The molecule has 8 nitrogen and oxygen atoms in total. The largest absolute Gasteiger partial charge is 0.490 e. The fraction of sp³-hybridized carbons (Fsp3) is 0.207. The number of carbonyl (C=O) groups excluding carboxylic acids is 3. The van der Waals surface area contributed by atoms with Crippen LogP contribution in [0.2, 0.25) is 10.0 Å². The third-order valence-corrected chi connectivity index (χ3v) is 7.93. The number of nitrogens with one attached hydrogen (secondary N) is 1. The number of nitrogens with zero attached hydrogens (tertiary/aromatic N) is 1. The van der Waals surface area contributed by atoms with Gasteiger partial charge >= 0.3 is 0 Å². The lowest BCUT2D eigenvalue weighted by Crippen LogP contribution is -2.32. The van der Waals surface area contributed by atoms with Gasteiger partial charge in [0.25, 0.3) is 17.1 Å². The van der Waals surface area contributed by atoms with Gasteiger partial charge in [0.15, 0.2) is 18.1 Å². The Labute approximate surface area is 260 Å². The molecular formula is C29H25BrCl2N2O6S. The molecule has 1 aliphatic rings. The monoisotopic (exact) mass is 678 g/mol. The van der Waals surface area contributed by atoms with Gasteiger partial charge in [0.1, 0.15) is 12.4 Å². The molecule has 3 aromatic rings. The van der Waals surface area contributed by atoms with Crippen LogP contribution < -0.4 is 19.5 Å². The highest BCUT2D eigenvalue weighted by Gasteiger charge is 2.35. The summed E-state index contributed by atoms with van der Waals surface area (Å²) in [5, 5.41) is 3.34. The van der Waals surface area contributed by atoms with E-state index >= 15 is 0 Å². The highest BCUT2D eigenvalue weighted by molar-refractivity contribution is 9.10. The molecule has 214 valence electrons. The summed E-state index contributed by atoms with van der Waals surface area (Å²) in [6, 6.07) is 15.6. The van der Waals surface area contributed by atoms with E-state index in [-0.39, 0.29) is 30.6 Å². The maximum atomic E-state index is 13.0. The molecule has 3 amide bonds. The number of carbonyl (C=O) groups is 3. The number of aryl methyl sites for hydroxylation is 1. The average Bonchev–Trinajstić information content (AvgIpc) is 3.18. The van der Waals surface area contributed by atoms with E-state index in [1.165, 1.54) is 0 Å². The lowest BCUT2D eigenvalue weighted by Gasteiger charge is -2.15.